The number of ether oxygens (including phenoxy) is 2. The van der Waals surface area contributed by atoms with Crippen LogP contribution in [-0.2, 0) is 27.9 Å². The molecule has 0 heterocycles. The summed E-state index contributed by atoms with van der Waals surface area (Å²) in [5.41, 5.74) is 0. The molecule has 0 aliphatic heterocycles. The molecule has 38 heavy (non-hydrogen) atoms. The minimum atomic E-state index is -4.20. The largest absolute Gasteiger partial charge is 0.481 e. The molecule has 0 radical (unpaired) electrons. The monoisotopic (exact) mass is 568 g/mol. The van der Waals surface area contributed by atoms with Crippen molar-refractivity contribution in [1.29, 1.82) is 0 Å². The Hall–Kier alpha value is -0.540. The molecule has 0 amide bonds. The topological polar surface area (TPSA) is 112 Å². The first kappa shape index (κ1) is 37.5. The van der Waals surface area contributed by atoms with E-state index >= 15 is 0 Å². The standard InChI is InChI=1S/C28H58NO8P/c1-5-6-7-8-9-10-11-12-13-14-15-16-17-18-22-34-25-27(35-23-19-20-28(30)31)26-37-38(32,33)36-24-21-29(2,3)4/h27H,5-26H2,1-4H3,(H-,30,31,32,33)/p+1. The number of hydrogen-bond acceptors (Lipinski definition) is 6. The highest BCUT2D eigenvalue weighted by atomic mass is 31.2. The normalized spacial score (nSPS) is 14.4. The summed E-state index contributed by atoms with van der Waals surface area (Å²) < 4.78 is 34.4. The van der Waals surface area contributed by atoms with Gasteiger partial charge in [0.2, 0.25) is 0 Å². The number of aliphatic carboxylic acids is 1. The van der Waals surface area contributed by atoms with Gasteiger partial charge in [0.05, 0.1) is 34.4 Å². The second kappa shape index (κ2) is 24.3. The summed E-state index contributed by atoms with van der Waals surface area (Å²) in [4.78, 5) is 20.7. The van der Waals surface area contributed by atoms with Gasteiger partial charge in [-0.3, -0.25) is 13.8 Å². The first-order chi connectivity index (χ1) is 18.1. The SMILES string of the molecule is CCCCCCCCCCCCCCCCOCC(COP(=O)(O)OCC[N+](C)(C)C)OCCCC(=O)O. The maximum Gasteiger partial charge on any atom is 0.472 e. The van der Waals surface area contributed by atoms with E-state index < -0.39 is 19.9 Å². The zero-order valence-corrected chi connectivity index (χ0v) is 25.8. The third-order valence-electron chi connectivity index (χ3n) is 6.27. The zero-order chi connectivity index (χ0) is 28.5. The number of carboxylic acid groups (broad SMARTS) is 1. The molecule has 9 nitrogen and oxygen atoms in total. The molecule has 0 bridgehead atoms. The first-order valence-corrected chi connectivity index (χ1v) is 16.4. The Balaban J connectivity index is 3.98. The number of unbranched alkanes of at least 4 members (excludes halogenated alkanes) is 13. The molecule has 0 aromatic rings. The van der Waals surface area contributed by atoms with Crippen LogP contribution in [0.4, 0.5) is 0 Å². The summed E-state index contributed by atoms with van der Waals surface area (Å²) >= 11 is 0. The molecule has 0 aliphatic rings. The summed E-state index contributed by atoms with van der Waals surface area (Å²) in [7, 11) is 1.68. The summed E-state index contributed by atoms with van der Waals surface area (Å²) in [5, 5.41) is 8.80. The van der Waals surface area contributed by atoms with Gasteiger partial charge in [-0.15, -0.1) is 0 Å². The van der Waals surface area contributed by atoms with Gasteiger partial charge in [-0.1, -0.05) is 90.4 Å². The van der Waals surface area contributed by atoms with Crippen molar-refractivity contribution in [3.63, 3.8) is 0 Å². The number of phosphoric ester groups is 1. The summed E-state index contributed by atoms with van der Waals surface area (Å²) in [5.74, 6) is -0.888. The van der Waals surface area contributed by atoms with Crippen LogP contribution in [0.25, 0.3) is 0 Å². The first-order valence-electron chi connectivity index (χ1n) is 14.9. The van der Waals surface area contributed by atoms with Gasteiger partial charge < -0.3 is 24.0 Å². The van der Waals surface area contributed by atoms with Gasteiger partial charge in [0.1, 0.15) is 19.3 Å². The van der Waals surface area contributed by atoms with Crippen LogP contribution in [-0.4, -0.2) is 87.3 Å². The number of rotatable bonds is 29. The van der Waals surface area contributed by atoms with E-state index in [1.54, 1.807) is 0 Å². The van der Waals surface area contributed by atoms with Gasteiger partial charge >= 0.3 is 13.8 Å². The van der Waals surface area contributed by atoms with Crippen molar-refractivity contribution >= 4 is 13.8 Å². The van der Waals surface area contributed by atoms with Crippen LogP contribution in [0.3, 0.4) is 0 Å². The molecule has 0 aliphatic carbocycles. The minimum absolute atomic E-state index is 0.000138. The Morgan fingerprint density at radius 2 is 1.26 bits per heavy atom. The van der Waals surface area contributed by atoms with Gasteiger partial charge in [-0.05, 0) is 12.8 Å². The van der Waals surface area contributed by atoms with E-state index in [4.69, 9.17) is 23.6 Å². The second-order valence-corrected chi connectivity index (χ2v) is 12.7. The van der Waals surface area contributed by atoms with Crippen molar-refractivity contribution in [2.45, 2.75) is 116 Å². The lowest BCUT2D eigenvalue weighted by Crippen LogP contribution is -2.37. The van der Waals surface area contributed by atoms with Gasteiger partial charge in [-0.2, -0.15) is 0 Å². The molecule has 2 atom stereocenters. The fourth-order valence-electron chi connectivity index (χ4n) is 3.88. The molecule has 2 N–H and O–H groups in total. The van der Waals surface area contributed by atoms with E-state index in [9.17, 15) is 14.3 Å². The molecule has 0 aromatic carbocycles. The maximum absolute atomic E-state index is 12.2. The number of hydrogen-bond donors (Lipinski definition) is 2. The molecule has 0 spiro atoms. The fraction of sp³-hybridized carbons (Fsp3) is 0.964. The van der Waals surface area contributed by atoms with Gasteiger partial charge in [0.25, 0.3) is 0 Å². The fourth-order valence-corrected chi connectivity index (χ4v) is 4.62. The molecular formula is C28H59NO8P+. The van der Waals surface area contributed by atoms with Gasteiger partial charge in [-0.25, -0.2) is 4.57 Å². The number of nitrogens with zero attached hydrogens (tertiary/aromatic N) is 1. The average Bonchev–Trinajstić information content (AvgIpc) is 2.83. The van der Waals surface area contributed by atoms with Gasteiger partial charge in [0.15, 0.2) is 0 Å². The average molecular weight is 569 g/mol. The summed E-state index contributed by atoms with van der Waals surface area (Å²) in [6.07, 6.45) is 17.9. The van der Waals surface area contributed by atoms with Crippen LogP contribution in [0.5, 0.6) is 0 Å². The van der Waals surface area contributed by atoms with Crippen molar-refractivity contribution in [3.8, 4) is 0 Å². The van der Waals surface area contributed by atoms with Crippen molar-refractivity contribution < 1.29 is 42.4 Å². The molecule has 0 saturated carbocycles. The molecule has 0 saturated heterocycles. The quantitative estimate of drug-likeness (QED) is 0.0592. The van der Waals surface area contributed by atoms with Gasteiger partial charge in [0, 0.05) is 19.6 Å². The summed E-state index contributed by atoms with van der Waals surface area (Å²) in [6.45, 7) is 3.76. The Bertz CT molecular complexity index is 600. The molecule has 10 heteroatoms. The highest BCUT2D eigenvalue weighted by Crippen LogP contribution is 2.43. The zero-order valence-electron chi connectivity index (χ0n) is 24.9. The molecule has 0 fully saturated rings. The minimum Gasteiger partial charge on any atom is -0.481 e. The van der Waals surface area contributed by atoms with Crippen LogP contribution in [0.2, 0.25) is 0 Å². The molecule has 228 valence electrons. The maximum atomic E-state index is 12.2. The molecule has 2 unspecified atom stereocenters. The van der Waals surface area contributed by atoms with Crippen LogP contribution < -0.4 is 0 Å². The third-order valence-corrected chi connectivity index (χ3v) is 7.26. The highest BCUT2D eigenvalue weighted by Gasteiger charge is 2.25. The molecule has 0 aromatic heterocycles. The lowest BCUT2D eigenvalue weighted by Gasteiger charge is -2.24. The third kappa shape index (κ3) is 28.5. The number of carbonyl (C=O) groups is 1. The van der Waals surface area contributed by atoms with Crippen LogP contribution in [0.1, 0.15) is 110 Å². The molecule has 0 rings (SSSR count). The Labute approximate surface area is 232 Å². The number of likely N-dealkylation sites (N-methyl/N-ethyl adjacent to an activating group) is 1. The van der Waals surface area contributed by atoms with Crippen molar-refractivity contribution in [2.24, 2.45) is 0 Å². The lowest BCUT2D eigenvalue weighted by molar-refractivity contribution is -0.870. The van der Waals surface area contributed by atoms with Crippen molar-refractivity contribution in [3.05, 3.63) is 0 Å². The lowest BCUT2D eigenvalue weighted by atomic mass is 10.0. The van der Waals surface area contributed by atoms with E-state index in [2.05, 4.69) is 6.92 Å². The number of phosphoric acid groups is 1. The summed E-state index contributed by atoms with van der Waals surface area (Å²) in [6, 6.07) is 0. The van der Waals surface area contributed by atoms with E-state index in [1.165, 1.54) is 77.0 Å². The Kier molecular flexibility index (Phi) is 23.9. The van der Waals surface area contributed by atoms with Crippen LogP contribution >= 0.6 is 7.82 Å². The molecular weight excluding hydrogens is 509 g/mol. The van der Waals surface area contributed by atoms with E-state index in [-0.39, 0.29) is 32.8 Å². The van der Waals surface area contributed by atoms with E-state index in [1.807, 2.05) is 21.1 Å². The van der Waals surface area contributed by atoms with Crippen LogP contribution in [0, 0.1) is 0 Å². The smallest absolute Gasteiger partial charge is 0.472 e. The Morgan fingerprint density at radius 3 is 1.76 bits per heavy atom. The van der Waals surface area contributed by atoms with E-state index in [0.29, 0.717) is 24.1 Å². The number of carboxylic acids is 1. The highest BCUT2D eigenvalue weighted by molar-refractivity contribution is 7.47. The van der Waals surface area contributed by atoms with Crippen LogP contribution in [0.15, 0.2) is 0 Å². The van der Waals surface area contributed by atoms with E-state index in [0.717, 1.165) is 12.8 Å². The van der Waals surface area contributed by atoms with Crippen molar-refractivity contribution in [1.82, 2.24) is 0 Å². The second-order valence-electron chi connectivity index (χ2n) is 11.3. The predicted molar refractivity (Wildman–Crippen MR) is 152 cm³/mol. The predicted octanol–water partition coefficient (Wildman–Crippen LogP) is 6.57. The van der Waals surface area contributed by atoms with Crippen molar-refractivity contribution in [2.75, 3.05) is 60.7 Å². The number of quaternary nitrogens is 1. The Morgan fingerprint density at radius 1 is 0.737 bits per heavy atom.